The van der Waals surface area contributed by atoms with Gasteiger partial charge in [-0.1, -0.05) is 6.08 Å². The molecule has 6 heteroatoms. The fourth-order valence-electron chi connectivity index (χ4n) is 1.26. The highest BCUT2D eigenvalue weighted by molar-refractivity contribution is 5.94. The molecule has 1 rings (SSSR count). The van der Waals surface area contributed by atoms with Gasteiger partial charge in [0.05, 0.1) is 12.5 Å². The second kappa shape index (κ2) is 5.11. The van der Waals surface area contributed by atoms with Gasteiger partial charge < -0.3 is 14.6 Å². The van der Waals surface area contributed by atoms with Gasteiger partial charge in [0.2, 0.25) is 0 Å². The molecular formula is C10H13N3O3. The number of aromatic nitrogens is 2. The molecule has 1 N–H and O–H groups in total. The van der Waals surface area contributed by atoms with Crippen LogP contribution in [0, 0.1) is 0 Å². The van der Waals surface area contributed by atoms with E-state index < -0.39 is 5.97 Å². The number of aryl methyl sites for hydroxylation is 1. The molecule has 1 aromatic heterocycles. The maximum atomic E-state index is 11.9. The van der Waals surface area contributed by atoms with Gasteiger partial charge in [0.1, 0.15) is 12.2 Å². The van der Waals surface area contributed by atoms with Crippen LogP contribution in [0.2, 0.25) is 0 Å². The molecule has 1 amide bonds. The van der Waals surface area contributed by atoms with Crippen molar-refractivity contribution >= 4 is 11.9 Å². The summed E-state index contributed by atoms with van der Waals surface area (Å²) in [5.41, 5.74) is 0.350. The van der Waals surface area contributed by atoms with Crippen molar-refractivity contribution in [1.82, 2.24) is 14.5 Å². The van der Waals surface area contributed by atoms with Crippen molar-refractivity contribution in [3.63, 3.8) is 0 Å². The number of rotatable bonds is 5. The van der Waals surface area contributed by atoms with Gasteiger partial charge in [0, 0.05) is 13.6 Å². The number of aliphatic carboxylic acids is 1. The molecule has 0 aromatic carbocycles. The summed E-state index contributed by atoms with van der Waals surface area (Å²) in [5.74, 6) is -1.43. The molecule has 6 nitrogen and oxygen atoms in total. The summed E-state index contributed by atoms with van der Waals surface area (Å²) in [4.78, 5) is 27.5. The van der Waals surface area contributed by atoms with Gasteiger partial charge in [-0.15, -0.1) is 6.58 Å². The van der Waals surface area contributed by atoms with Crippen molar-refractivity contribution in [2.45, 2.75) is 0 Å². The van der Waals surface area contributed by atoms with Crippen LogP contribution in [0.5, 0.6) is 0 Å². The van der Waals surface area contributed by atoms with Crippen molar-refractivity contribution < 1.29 is 14.7 Å². The van der Waals surface area contributed by atoms with E-state index in [1.807, 2.05) is 0 Å². The number of hydrogen-bond donors (Lipinski definition) is 1. The Morgan fingerprint density at radius 2 is 2.38 bits per heavy atom. The van der Waals surface area contributed by atoms with Gasteiger partial charge in [-0.2, -0.15) is 0 Å². The Bertz CT molecular complexity index is 411. The molecule has 1 heterocycles. The van der Waals surface area contributed by atoms with E-state index in [1.54, 1.807) is 11.6 Å². The SMILES string of the molecule is C=CCN(CC(=O)O)C(=O)c1cncn1C. The average molecular weight is 223 g/mol. The minimum atomic E-state index is -1.06. The fourth-order valence-corrected chi connectivity index (χ4v) is 1.26. The Balaban J connectivity index is 2.86. The van der Waals surface area contributed by atoms with E-state index in [4.69, 9.17) is 5.11 Å². The van der Waals surface area contributed by atoms with Crippen molar-refractivity contribution in [3.05, 3.63) is 30.9 Å². The lowest BCUT2D eigenvalue weighted by Crippen LogP contribution is -2.36. The average Bonchev–Trinajstić information content (AvgIpc) is 2.62. The molecular weight excluding hydrogens is 210 g/mol. The summed E-state index contributed by atoms with van der Waals surface area (Å²) in [7, 11) is 1.67. The van der Waals surface area contributed by atoms with Gasteiger partial charge in [-0.25, -0.2) is 4.98 Å². The quantitative estimate of drug-likeness (QED) is 0.720. The first-order valence-electron chi connectivity index (χ1n) is 4.64. The molecule has 0 saturated heterocycles. The first-order valence-corrected chi connectivity index (χ1v) is 4.64. The van der Waals surface area contributed by atoms with Crippen LogP contribution < -0.4 is 0 Å². The monoisotopic (exact) mass is 223 g/mol. The molecule has 16 heavy (non-hydrogen) atoms. The summed E-state index contributed by atoms with van der Waals surface area (Å²) in [5, 5.41) is 8.68. The van der Waals surface area contributed by atoms with E-state index in [1.165, 1.54) is 23.5 Å². The molecule has 0 fully saturated rings. The topological polar surface area (TPSA) is 75.4 Å². The summed E-state index contributed by atoms with van der Waals surface area (Å²) in [6.07, 6.45) is 4.37. The predicted octanol–water partition coefficient (Wildman–Crippen LogP) is 0.133. The van der Waals surface area contributed by atoms with Crippen LogP contribution in [0.1, 0.15) is 10.5 Å². The van der Waals surface area contributed by atoms with Gasteiger partial charge >= 0.3 is 5.97 Å². The summed E-state index contributed by atoms with van der Waals surface area (Å²) in [6, 6.07) is 0. The van der Waals surface area contributed by atoms with Crippen LogP contribution in [0.3, 0.4) is 0 Å². The zero-order chi connectivity index (χ0) is 12.1. The number of hydrogen-bond acceptors (Lipinski definition) is 3. The standard InChI is InChI=1S/C10H13N3O3/c1-3-4-13(6-9(14)15)10(16)8-5-11-7-12(8)2/h3,5,7H,1,4,6H2,2H3,(H,14,15). The van der Waals surface area contributed by atoms with Crippen LogP contribution in [0.15, 0.2) is 25.2 Å². The normalized spacial score (nSPS) is 9.81. The van der Waals surface area contributed by atoms with Crippen LogP contribution in [0.25, 0.3) is 0 Å². The highest BCUT2D eigenvalue weighted by Crippen LogP contribution is 2.03. The number of carboxylic acid groups (broad SMARTS) is 1. The van der Waals surface area contributed by atoms with Crippen LogP contribution >= 0.6 is 0 Å². The number of carbonyl (C=O) groups excluding carboxylic acids is 1. The molecule has 0 radical (unpaired) electrons. The maximum absolute atomic E-state index is 11.9. The molecule has 0 spiro atoms. The minimum Gasteiger partial charge on any atom is -0.480 e. The Hall–Kier alpha value is -2.11. The minimum absolute atomic E-state index is 0.191. The number of imidazole rings is 1. The summed E-state index contributed by atoms with van der Waals surface area (Å²) < 4.78 is 1.54. The van der Waals surface area contributed by atoms with Crippen molar-refractivity contribution in [2.75, 3.05) is 13.1 Å². The Kier molecular flexibility index (Phi) is 3.82. The largest absolute Gasteiger partial charge is 0.480 e. The highest BCUT2D eigenvalue weighted by atomic mass is 16.4. The van der Waals surface area contributed by atoms with E-state index in [0.29, 0.717) is 5.69 Å². The van der Waals surface area contributed by atoms with Crippen LogP contribution in [-0.4, -0.2) is 44.5 Å². The lowest BCUT2D eigenvalue weighted by molar-refractivity contribution is -0.137. The van der Waals surface area contributed by atoms with Gasteiger partial charge in [-0.05, 0) is 0 Å². The highest BCUT2D eigenvalue weighted by Gasteiger charge is 2.19. The zero-order valence-electron chi connectivity index (χ0n) is 8.96. The van der Waals surface area contributed by atoms with Gasteiger partial charge in [-0.3, -0.25) is 9.59 Å². The lowest BCUT2D eigenvalue weighted by atomic mass is 10.3. The number of carboxylic acids is 1. The maximum Gasteiger partial charge on any atom is 0.323 e. The number of carbonyl (C=O) groups is 2. The third-order valence-corrected chi connectivity index (χ3v) is 2.00. The zero-order valence-corrected chi connectivity index (χ0v) is 8.96. The Morgan fingerprint density at radius 1 is 1.69 bits per heavy atom. The van der Waals surface area contributed by atoms with E-state index >= 15 is 0 Å². The van der Waals surface area contributed by atoms with E-state index in [9.17, 15) is 9.59 Å². The summed E-state index contributed by atoms with van der Waals surface area (Å²) >= 11 is 0. The third-order valence-electron chi connectivity index (χ3n) is 2.00. The van der Waals surface area contributed by atoms with Crippen molar-refractivity contribution in [2.24, 2.45) is 7.05 Å². The fraction of sp³-hybridized carbons (Fsp3) is 0.300. The Morgan fingerprint density at radius 3 is 2.81 bits per heavy atom. The Labute approximate surface area is 92.8 Å². The molecule has 0 aliphatic heterocycles. The van der Waals surface area contributed by atoms with Gasteiger partial charge in [0.25, 0.3) is 5.91 Å². The molecule has 0 bridgehead atoms. The van der Waals surface area contributed by atoms with Crippen molar-refractivity contribution in [3.8, 4) is 0 Å². The molecule has 0 unspecified atom stereocenters. The third kappa shape index (κ3) is 2.69. The van der Waals surface area contributed by atoms with E-state index in [0.717, 1.165) is 0 Å². The first-order chi connectivity index (χ1) is 7.56. The van der Waals surface area contributed by atoms with E-state index in [-0.39, 0.29) is 19.0 Å². The molecule has 0 aliphatic rings. The number of nitrogens with zero attached hydrogens (tertiary/aromatic N) is 3. The summed E-state index contributed by atoms with van der Waals surface area (Å²) in [6.45, 7) is 3.32. The van der Waals surface area contributed by atoms with E-state index in [2.05, 4.69) is 11.6 Å². The van der Waals surface area contributed by atoms with Crippen molar-refractivity contribution in [1.29, 1.82) is 0 Å². The first kappa shape index (κ1) is 12.0. The molecule has 86 valence electrons. The second-order valence-electron chi connectivity index (χ2n) is 3.26. The molecule has 0 aliphatic carbocycles. The lowest BCUT2D eigenvalue weighted by Gasteiger charge is -2.18. The van der Waals surface area contributed by atoms with Crippen LogP contribution in [0.4, 0.5) is 0 Å². The second-order valence-corrected chi connectivity index (χ2v) is 3.26. The number of amides is 1. The predicted molar refractivity (Wildman–Crippen MR) is 56.9 cm³/mol. The molecule has 1 aromatic rings. The molecule has 0 saturated carbocycles. The molecule has 0 atom stereocenters. The van der Waals surface area contributed by atoms with Crippen LogP contribution in [-0.2, 0) is 11.8 Å². The van der Waals surface area contributed by atoms with Gasteiger partial charge in [0.15, 0.2) is 0 Å². The smallest absolute Gasteiger partial charge is 0.323 e.